The van der Waals surface area contributed by atoms with Crippen LogP contribution in [-0.4, -0.2) is 101 Å². The highest BCUT2D eigenvalue weighted by molar-refractivity contribution is 6.35. The first-order chi connectivity index (χ1) is 20.0. The average Bonchev–Trinajstić information content (AvgIpc) is 3.45. The number of piperazine rings is 1. The number of rotatable bonds is 7. The second-order valence-electron chi connectivity index (χ2n) is 11.1. The zero-order chi connectivity index (χ0) is 30.1. The SMILES string of the molecule is Cc1c(OC(C)C)nnc(C(=O)Nc2cc(-n3cc(N4CCOCC4)nn3)c(F)cc2N2C[C@@H](C)N(C)[C@@H](C)C2)c1Cl. The third kappa shape index (κ3) is 6.13. The quantitative estimate of drug-likeness (QED) is 0.431. The zero-order valence-corrected chi connectivity index (χ0v) is 25.5. The highest BCUT2D eigenvalue weighted by Gasteiger charge is 2.30. The lowest BCUT2D eigenvalue weighted by Crippen LogP contribution is -2.55. The van der Waals surface area contributed by atoms with Crippen molar-refractivity contribution in [2.75, 3.05) is 61.6 Å². The van der Waals surface area contributed by atoms with Gasteiger partial charge in [0.05, 0.1) is 41.9 Å². The Hall–Kier alpha value is -3.55. The Kier molecular flexibility index (Phi) is 8.81. The van der Waals surface area contributed by atoms with E-state index in [2.05, 4.69) is 56.5 Å². The number of anilines is 3. The molecule has 14 heteroatoms. The van der Waals surface area contributed by atoms with Crippen LogP contribution in [-0.2, 0) is 4.74 Å². The van der Waals surface area contributed by atoms with Crippen LogP contribution in [0.4, 0.5) is 21.6 Å². The van der Waals surface area contributed by atoms with Crippen LogP contribution in [0.2, 0.25) is 5.02 Å². The molecule has 2 saturated heterocycles. The minimum atomic E-state index is -0.576. The summed E-state index contributed by atoms with van der Waals surface area (Å²) >= 11 is 6.56. The maximum Gasteiger partial charge on any atom is 0.277 e. The van der Waals surface area contributed by atoms with E-state index in [1.54, 1.807) is 19.2 Å². The molecule has 1 aromatic carbocycles. The van der Waals surface area contributed by atoms with Crippen LogP contribution in [0.25, 0.3) is 5.69 Å². The molecular formula is C28H37ClFN9O3. The first kappa shape index (κ1) is 29.9. The summed E-state index contributed by atoms with van der Waals surface area (Å²) in [4.78, 5) is 20.0. The molecule has 3 aromatic rings. The highest BCUT2D eigenvalue weighted by atomic mass is 35.5. The maximum absolute atomic E-state index is 15.8. The van der Waals surface area contributed by atoms with Crippen LogP contribution in [0.3, 0.4) is 0 Å². The van der Waals surface area contributed by atoms with E-state index < -0.39 is 11.7 Å². The summed E-state index contributed by atoms with van der Waals surface area (Å²) in [5, 5.41) is 19.6. The molecule has 4 heterocycles. The lowest BCUT2D eigenvalue weighted by atomic mass is 10.1. The van der Waals surface area contributed by atoms with Crippen LogP contribution >= 0.6 is 11.6 Å². The molecule has 0 bridgehead atoms. The Bertz CT molecular complexity index is 1430. The second-order valence-corrected chi connectivity index (χ2v) is 11.5. The number of nitrogens with one attached hydrogen (secondary N) is 1. The number of benzene rings is 1. The van der Waals surface area contributed by atoms with Crippen molar-refractivity contribution in [1.82, 2.24) is 30.1 Å². The van der Waals surface area contributed by atoms with Crippen molar-refractivity contribution < 1.29 is 18.7 Å². The first-order valence-corrected chi connectivity index (χ1v) is 14.5. The van der Waals surface area contributed by atoms with Gasteiger partial charge in [-0.2, -0.15) is 0 Å². The molecule has 2 aromatic heterocycles. The number of ether oxygens (including phenoxy) is 2. The van der Waals surface area contributed by atoms with Gasteiger partial charge in [0.1, 0.15) is 5.69 Å². The topological polar surface area (TPSA) is 114 Å². The molecule has 1 amide bonds. The lowest BCUT2D eigenvalue weighted by molar-refractivity contribution is 0.102. The van der Waals surface area contributed by atoms with Gasteiger partial charge in [0.15, 0.2) is 17.3 Å². The molecule has 5 rings (SSSR count). The summed E-state index contributed by atoms with van der Waals surface area (Å²) in [5.74, 6) is -0.188. The molecule has 0 unspecified atom stereocenters. The molecule has 1 N–H and O–H groups in total. The third-order valence-corrected chi connectivity index (χ3v) is 8.20. The Morgan fingerprint density at radius 3 is 2.45 bits per heavy atom. The molecule has 2 aliphatic heterocycles. The summed E-state index contributed by atoms with van der Waals surface area (Å²) in [7, 11) is 2.07. The van der Waals surface area contributed by atoms with Crippen LogP contribution in [0.5, 0.6) is 5.88 Å². The Morgan fingerprint density at radius 2 is 1.79 bits per heavy atom. The molecule has 2 aliphatic rings. The number of aromatic nitrogens is 5. The fraction of sp³-hybridized carbons (Fsp3) is 0.536. The van der Waals surface area contributed by atoms with Crippen LogP contribution < -0.4 is 19.9 Å². The fourth-order valence-electron chi connectivity index (χ4n) is 5.15. The third-order valence-electron chi connectivity index (χ3n) is 7.74. The van der Waals surface area contributed by atoms with E-state index in [1.165, 1.54) is 10.7 Å². The van der Waals surface area contributed by atoms with E-state index in [0.29, 0.717) is 62.1 Å². The number of likely N-dealkylation sites (N-methyl/N-ethyl adjacent to an activating group) is 1. The number of hydrogen-bond acceptors (Lipinski definition) is 10. The fourth-order valence-corrected chi connectivity index (χ4v) is 5.35. The smallest absolute Gasteiger partial charge is 0.277 e. The van der Waals surface area contributed by atoms with Crippen molar-refractivity contribution in [2.45, 2.75) is 52.8 Å². The number of hydrogen-bond donors (Lipinski definition) is 1. The minimum absolute atomic E-state index is 0.0578. The Morgan fingerprint density at radius 1 is 1.10 bits per heavy atom. The minimum Gasteiger partial charge on any atom is -0.474 e. The average molecular weight is 602 g/mol. The predicted molar refractivity (Wildman–Crippen MR) is 159 cm³/mol. The lowest BCUT2D eigenvalue weighted by Gasteiger charge is -2.44. The Balaban J connectivity index is 1.52. The van der Waals surface area contributed by atoms with Crippen molar-refractivity contribution in [3.05, 3.63) is 40.4 Å². The first-order valence-electron chi connectivity index (χ1n) is 14.1. The number of halogens is 2. The summed E-state index contributed by atoms with van der Waals surface area (Å²) in [6.45, 7) is 13.5. The van der Waals surface area contributed by atoms with Gasteiger partial charge in [0.25, 0.3) is 5.91 Å². The molecule has 0 saturated carbocycles. The van der Waals surface area contributed by atoms with Crippen molar-refractivity contribution in [3.63, 3.8) is 0 Å². The highest BCUT2D eigenvalue weighted by Crippen LogP contribution is 2.35. The van der Waals surface area contributed by atoms with Gasteiger partial charge in [-0.1, -0.05) is 16.8 Å². The molecule has 0 aliphatic carbocycles. The maximum atomic E-state index is 15.8. The molecule has 2 fully saturated rings. The number of carbonyl (C=O) groups excluding carboxylic acids is 1. The van der Waals surface area contributed by atoms with Crippen molar-refractivity contribution >= 4 is 34.7 Å². The predicted octanol–water partition coefficient (Wildman–Crippen LogP) is 3.56. The molecule has 42 heavy (non-hydrogen) atoms. The zero-order valence-electron chi connectivity index (χ0n) is 24.8. The number of nitrogens with zero attached hydrogens (tertiary/aromatic N) is 8. The summed E-state index contributed by atoms with van der Waals surface area (Å²) in [6.07, 6.45) is 1.54. The van der Waals surface area contributed by atoms with Gasteiger partial charge in [-0.25, -0.2) is 9.07 Å². The number of carbonyl (C=O) groups is 1. The van der Waals surface area contributed by atoms with Crippen LogP contribution in [0, 0.1) is 12.7 Å². The van der Waals surface area contributed by atoms with Gasteiger partial charge in [-0.3, -0.25) is 9.69 Å². The molecule has 0 spiro atoms. The number of amides is 1. The van der Waals surface area contributed by atoms with Gasteiger partial charge < -0.3 is 24.6 Å². The molecule has 2 atom stereocenters. The molecule has 0 radical (unpaired) electrons. The van der Waals surface area contributed by atoms with Crippen LogP contribution in [0.15, 0.2) is 18.3 Å². The van der Waals surface area contributed by atoms with E-state index >= 15 is 4.39 Å². The molecule has 12 nitrogen and oxygen atoms in total. The molecule has 226 valence electrons. The standard InChI is InChI=1S/C28H37ClFN9O3/c1-16(2)42-28-19(5)25(29)26(33-34-28)27(40)31-21-12-22(39-15-24(32-35-39)37-7-9-41-10-8-37)20(30)11-23(21)38-13-17(3)36(6)18(4)14-38/h11-12,15-18H,7-10,13-14H2,1-6H3,(H,31,40)/t17-,18+. The van der Waals surface area contributed by atoms with Gasteiger partial charge in [-0.15, -0.1) is 15.3 Å². The summed E-state index contributed by atoms with van der Waals surface area (Å²) in [6, 6.07) is 3.42. The molecular weight excluding hydrogens is 565 g/mol. The second kappa shape index (κ2) is 12.4. The van der Waals surface area contributed by atoms with E-state index in [1.807, 2.05) is 18.7 Å². The van der Waals surface area contributed by atoms with Gasteiger partial charge in [0, 0.05) is 49.9 Å². The van der Waals surface area contributed by atoms with Crippen LogP contribution in [0.1, 0.15) is 43.7 Å². The number of morpholine rings is 1. The van der Waals surface area contributed by atoms with E-state index in [0.717, 1.165) is 0 Å². The van der Waals surface area contributed by atoms with Gasteiger partial charge >= 0.3 is 0 Å². The van der Waals surface area contributed by atoms with Crippen molar-refractivity contribution in [2.24, 2.45) is 0 Å². The van der Waals surface area contributed by atoms with Gasteiger partial charge in [-0.05, 0) is 47.7 Å². The Labute approximate surface area is 249 Å². The van der Waals surface area contributed by atoms with E-state index in [4.69, 9.17) is 21.1 Å². The summed E-state index contributed by atoms with van der Waals surface area (Å²) < 4.78 is 28.3. The normalized spacial score (nSPS) is 19.8. The summed E-state index contributed by atoms with van der Waals surface area (Å²) in [5.41, 5.74) is 1.53. The van der Waals surface area contributed by atoms with Gasteiger partial charge in [0.2, 0.25) is 5.88 Å². The van der Waals surface area contributed by atoms with Crippen molar-refractivity contribution in [1.29, 1.82) is 0 Å². The van der Waals surface area contributed by atoms with E-state index in [9.17, 15) is 4.79 Å². The van der Waals surface area contributed by atoms with E-state index in [-0.39, 0.29) is 40.5 Å². The van der Waals surface area contributed by atoms with Crippen molar-refractivity contribution in [3.8, 4) is 11.6 Å². The largest absolute Gasteiger partial charge is 0.474 e. The monoisotopic (exact) mass is 601 g/mol.